The summed E-state index contributed by atoms with van der Waals surface area (Å²) in [5, 5.41) is 7.20. The van der Waals surface area contributed by atoms with Crippen LogP contribution in [0.5, 0.6) is 0 Å². The number of thiazole rings is 1. The van der Waals surface area contributed by atoms with Crippen molar-refractivity contribution < 1.29 is 0 Å². The van der Waals surface area contributed by atoms with Crippen molar-refractivity contribution in [2.75, 3.05) is 0 Å². The molecule has 0 aliphatic heterocycles. The molecule has 0 spiro atoms. The van der Waals surface area contributed by atoms with Crippen molar-refractivity contribution in [2.45, 2.75) is 51.0 Å². The highest BCUT2D eigenvalue weighted by atomic mass is 32.1. The molecular formula is C23H27N3S. The van der Waals surface area contributed by atoms with Crippen LogP contribution in [0, 0.1) is 17.8 Å². The van der Waals surface area contributed by atoms with Gasteiger partial charge < -0.3 is 0 Å². The van der Waals surface area contributed by atoms with E-state index in [0.29, 0.717) is 17.9 Å². The zero-order valence-corrected chi connectivity index (χ0v) is 16.5. The molecule has 3 unspecified atom stereocenters. The number of benzene rings is 1. The molecule has 0 radical (unpaired) electrons. The third-order valence-electron chi connectivity index (χ3n) is 6.33. The van der Waals surface area contributed by atoms with Crippen molar-refractivity contribution in [3.8, 4) is 11.3 Å². The minimum Gasteiger partial charge on any atom is -0.254 e. The third-order valence-corrected chi connectivity index (χ3v) is 7.16. The topological polar surface area (TPSA) is 29.6 Å². The number of hydrogen-bond donors (Lipinski definition) is 0. The molecule has 2 saturated carbocycles. The molecular weight excluding hydrogens is 350 g/mol. The van der Waals surface area contributed by atoms with Crippen molar-refractivity contribution in [3.63, 3.8) is 0 Å². The van der Waals surface area contributed by atoms with E-state index in [-0.39, 0.29) is 0 Å². The first-order chi connectivity index (χ1) is 13.4. The number of aromatic nitrogens is 1. The number of nitrogens with zero attached hydrogens (tertiary/aromatic N) is 3. The van der Waals surface area contributed by atoms with E-state index in [1.54, 1.807) is 11.3 Å². The Hall–Kier alpha value is -1.94. The van der Waals surface area contributed by atoms with Crippen LogP contribution < -0.4 is 4.80 Å². The maximum atomic E-state index is 5.11. The van der Waals surface area contributed by atoms with Gasteiger partial charge in [-0.05, 0) is 37.5 Å². The van der Waals surface area contributed by atoms with Crippen molar-refractivity contribution in [1.29, 1.82) is 0 Å². The van der Waals surface area contributed by atoms with Gasteiger partial charge in [-0.3, -0.25) is 4.99 Å². The molecule has 2 bridgehead atoms. The van der Waals surface area contributed by atoms with E-state index in [1.807, 2.05) is 0 Å². The number of hydrogen-bond acceptors (Lipinski definition) is 3. The first-order valence-electron chi connectivity index (χ1n) is 10.4. The number of rotatable bonds is 4. The lowest BCUT2D eigenvalue weighted by atomic mass is 9.95. The van der Waals surface area contributed by atoms with Crippen LogP contribution in [-0.2, 0) is 0 Å². The SMILES string of the molecule is C1=CC2CC1CC2C=Nn1c(-c2ccccc2)csc1=NC1CCCCC1. The minimum atomic E-state index is 0.466. The van der Waals surface area contributed by atoms with Crippen molar-refractivity contribution in [3.05, 3.63) is 52.7 Å². The maximum Gasteiger partial charge on any atom is 0.206 e. The zero-order chi connectivity index (χ0) is 18.1. The largest absolute Gasteiger partial charge is 0.254 e. The average Bonchev–Trinajstić information content (AvgIpc) is 3.44. The molecule has 0 amide bonds. The Kier molecular flexibility index (Phi) is 4.83. The van der Waals surface area contributed by atoms with Gasteiger partial charge in [-0.2, -0.15) is 5.10 Å². The molecule has 1 aromatic heterocycles. The highest BCUT2D eigenvalue weighted by Crippen LogP contribution is 2.42. The quantitative estimate of drug-likeness (QED) is 0.498. The van der Waals surface area contributed by atoms with Crippen LogP contribution in [0.4, 0.5) is 0 Å². The van der Waals surface area contributed by atoms with Crippen LogP contribution >= 0.6 is 11.3 Å². The van der Waals surface area contributed by atoms with Crippen molar-refractivity contribution in [2.24, 2.45) is 27.8 Å². The second kappa shape index (κ2) is 7.59. The van der Waals surface area contributed by atoms with Gasteiger partial charge in [-0.15, -0.1) is 11.3 Å². The molecule has 3 aliphatic carbocycles. The van der Waals surface area contributed by atoms with E-state index < -0.39 is 0 Å². The van der Waals surface area contributed by atoms with E-state index in [4.69, 9.17) is 10.1 Å². The summed E-state index contributed by atoms with van der Waals surface area (Å²) in [6, 6.07) is 11.1. The van der Waals surface area contributed by atoms with Crippen LogP contribution in [0.1, 0.15) is 44.9 Å². The molecule has 0 saturated heterocycles. The molecule has 1 heterocycles. The maximum absolute atomic E-state index is 5.11. The van der Waals surface area contributed by atoms with Gasteiger partial charge in [-0.1, -0.05) is 61.7 Å². The minimum absolute atomic E-state index is 0.466. The molecule has 27 heavy (non-hydrogen) atoms. The molecule has 2 aromatic rings. The second-order valence-electron chi connectivity index (χ2n) is 8.21. The van der Waals surface area contributed by atoms with Crippen molar-refractivity contribution >= 4 is 17.6 Å². The fourth-order valence-electron chi connectivity index (χ4n) is 4.82. The van der Waals surface area contributed by atoms with E-state index in [1.165, 1.54) is 50.5 Å². The lowest BCUT2D eigenvalue weighted by Crippen LogP contribution is -2.19. The highest BCUT2D eigenvalue weighted by molar-refractivity contribution is 7.07. The lowest BCUT2D eigenvalue weighted by molar-refractivity contribution is 0.435. The van der Waals surface area contributed by atoms with Gasteiger partial charge in [0.1, 0.15) is 0 Å². The average molecular weight is 378 g/mol. The Morgan fingerprint density at radius 1 is 1.00 bits per heavy atom. The fourth-order valence-corrected chi connectivity index (χ4v) is 5.73. The Morgan fingerprint density at radius 3 is 2.59 bits per heavy atom. The summed E-state index contributed by atoms with van der Waals surface area (Å²) in [6.45, 7) is 0. The molecule has 4 heteroatoms. The van der Waals surface area contributed by atoms with Crippen LogP contribution in [0.15, 0.2) is 58.0 Å². The van der Waals surface area contributed by atoms with Crippen LogP contribution in [0.2, 0.25) is 0 Å². The molecule has 140 valence electrons. The first-order valence-corrected chi connectivity index (χ1v) is 11.3. The first kappa shape index (κ1) is 17.2. The second-order valence-corrected chi connectivity index (χ2v) is 9.05. The van der Waals surface area contributed by atoms with Gasteiger partial charge in [-0.25, -0.2) is 4.68 Å². The van der Waals surface area contributed by atoms with Crippen LogP contribution in [0.3, 0.4) is 0 Å². The van der Waals surface area contributed by atoms with Gasteiger partial charge >= 0.3 is 0 Å². The van der Waals surface area contributed by atoms with Gasteiger partial charge in [0.2, 0.25) is 4.80 Å². The molecule has 3 aliphatic rings. The number of fused-ring (bicyclic) bond motifs is 2. The summed E-state index contributed by atoms with van der Waals surface area (Å²) in [4.78, 5) is 6.16. The number of allylic oxidation sites excluding steroid dienone is 2. The van der Waals surface area contributed by atoms with E-state index >= 15 is 0 Å². The van der Waals surface area contributed by atoms with Crippen molar-refractivity contribution in [1.82, 2.24) is 4.68 Å². The van der Waals surface area contributed by atoms with Gasteiger partial charge in [0.15, 0.2) is 0 Å². The predicted molar refractivity (Wildman–Crippen MR) is 113 cm³/mol. The third kappa shape index (κ3) is 3.60. The van der Waals surface area contributed by atoms with E-state index in [9.17, 15) is 0 Å². The monoisotopic (exact) mass is 377 g/mol. The molecule has 3 nitrogen and oxygen atoms in total. The summed E-state index contributed by atoms with van der Waals surface area (Å²) in [5.74, 6) is 2.05. The zero-order valence-electron chi connectivity index (χ0n) is 15.7. The Balaban J connectivity index is 1.50. The molecule has 0 N–H and O–H groups in total. The summed E-state index contributed by atoms with van der Waals surface area (Å²) >= 11 is 1.73. The van der Waals surface area contributed by atoms with E-state index in [0.717, 1.165) is 16.4 Å². The predicted octanol–water partition coefficient (Wildman–Crippen LogP) is 5.50. The highest BCUT2D eigenvalue weighted by Gasteiger charge is 2.34. The summed E-state index contributed by atoms with van der Waals surface area (Å²) < 4.78 is 2.10. The lowest BCUT2D eigenvalue weighted by Gasteiger charge is -2.17. The van der Waals surface area contributed by atoms with Gasteiger partial charge in [0.05, 0.1) is 11.7 Å². The molecule has 1 aromatic carbocycles. The van der Waals surface area contributed by atoms with Crippen LogP contribution in [-0.4, -0.2) is 16.9 Å². The Labute approximate surface area is 165 Å². The smallest absolute Gasteiger partial charge is 0.206 e. The molecule has 2 fully saturated rings. The summed E-state index contributed by atoms with van der Waals surface area (Å²) in [7, 11) is 0. The summed E-state index contributed by atoms with van der Waals surface area (Å²) in [6.07, 6.45) is 16.0. The normalized spacial score (nSPS) is 28.6. The molecule has 5 rings (SSSR count). The molecule has 3 atom stereocenters. The Bertz CT molecular complexity index is 899. The van der Waals surface area contributed by atoms with Gasteiger partial charge in [0, 0.05) is 23.1 Å². The summed E-state index contributed by atoms with van der Waals surface area (Å²) in [5.41, 5.74) is 2.37. The fraction of sp³-hybridized carbons (Fsp3) is 0.478. The van der Waals surface area contributed by atoms with Crippen LogP contribution in [0.25, 0.3) is 11.3 Å². The Morgan fingerprint density at radius 2 is 1.85 bits per heavy atom. The van der Waals surface area contributed by atoms with E-state index in [2.05, 4.69) is 58.8 Å². The van der Waals surface area contributed by atoms with Gasteiger partial charge in [0.25, 0.3) is 0 Å². The standard InChI is InChI=1S/C23H27N3S/c1-3-7-18(8-4-1)22-16-27-23(25-21-9-5-2-6-10-21)26(22)24-15-20-14-17-11-12-19(20)13-17/h1,3-4,7-8,11-12,15-17,19-21H,2,5-6,9-10,13-14H2.